The maximum absolute atomic E-state index is 11.3. The molecule has 1 aliphatic heterocycles. The fourth-order valence-electron chi connectivity index (χ4n) is 1.86. The molecule has 0 radical (unpaired) electrons. The predicted octanol–water partition coefficient (Wildman–Crippen LogP) is 0.542. The summed E-state index contributed by atoms with van der Waals surface area (Å²) in [4.78, 5) is 11.3. The van der Waals surface area contributed by atoms with Crippen molar-refractivity contribution < 1.29 is 14.6 Å². The molecule has 1 aliphatic rings. The van der Waals surface area contributed by atoms with Gasteiger partial charge in [-0.3, -0.25) is 9.89 Å². The summed E-state index contributed by atoms with van der Waals surface area (Å²) in [7, 11) is 0. The monoisotopic (exact) mass is 196 g/mol. The number of aromatic nitrogens is 2. The predicted molar refractivity (Wildman–Crippen MR) is 48.0 cm³/mol. The maximum atomic E-state index is 11.3. The van der Waals surface area contributed by atoms with Crippen molar-refractivity contribution in [2.75, 3.05) is 13.2 Å². The number of rotatable bonds is 2. The zero-order valence-corrected chi connectivity index (χ0v) is 7.69. The lowest BCUT2D eigenvalue weighted by molar-refractivity contribution is -0.147. The van der Waals surface area contributed by atoms with Gasteiger partial charge in [-0.15, -0.1) is 0 Å². The van der Waals surface area contributed by atoms with E-state index in [1.165, 1.54) is 0 Å². The highest BCUT2D eigenvalue weighted by molar-refractivity contribution is 5.81. The summed E-state index contributed by atoms with van der Waals surface area (Å²) < 4.78 is 5.18. The Bertz CT molecular complexity index is 315. The summed E-state index contributed by atoms with van der Waals surface area (Å²) in [6.45, 7) is 0.995. The van der Waals surface area contributed by atoms with Crippen LogP contribution in [0.3, 0.4) is 0 Å². The van der Waals surface area contributed by atoms with Crippen LogP contribution in [-0.4, -0.2) is 34.5 Å². The zero-order chi connectivity index (χ0) is 10.0. The minimum Gasteiger partial charge on any atom is -0.481 e. The minimum absolute atomic E-state index is 0.498. The third-order valence-electron chi connectivity index (χ3n) is 2.81. The zero-order valence-electron chi connectivity index (χ0n) is 7.69. The largest absolute Gasteiger partial charge is 0.481 e. The number of aliphatic carboxylic acids is 1. The van der Waals surface area contributed by atoms with Gasteiger partial charge in [-0.2, -0.15) is 5.10 Å². The van der Waals surface area contributed by atoms with E-state index >= 15 is 0 Å². The van der Waals surface area contributed by atoms with Gasteiger partial charge < -0.3 is 9.84 Å². The van der Waals surface area contributed by atoms with Crippen LogP contribution in [0.2, 0.25) is 0 Å². The first-order chi connectivity index (χ1) is 6.76. The molecule has 2 N–H and O–H groups in total. The fraction of sp³-hybridized carbons (Fsp3) is 0.556. The molecule has 0 bridgehead atoms. The highest BCUT2D eigenvalue weighted by atomic mass is 16.5. The molecule has 0 unspecified atom stereocenters. The number of nitrogens with zero attached hydrogens (tertiary/aromatic N) is 1. The lowest BCUT2D eigenvalue weighted by Gasteiger charge is -2.32. The minimum atomic E-state index is -0.800. The van der Waals surface area contributed by atoms with Gasteiger partial charge in [-0.1, -0.05) is 0 Å². The molecule has 1 aromatic heterocycles. The van der Waals surface area contributed by atoms with Crippen molar-refractivity contribution in [1.82, 2.24) is 10.2 Å². The lowest BCUT2D eigenvalue weighted by Crippen LogP contribution is -2.41. The van der Waals surface area contributed by atoms with Crippen LogP contribution in [-0.2, 0) is 14.9 Å². The van der Waals surface area contributed by atoms with Crippen LogP contribution >= 0.6 is 0 Å². The summed E-state index contributed by atoms with van der Waals surface area (Å²) >= 11 is 0. The first-order valence-corrected chi connectivity index (χ1v) is 4.56. The number of aromatic amines is 1. The van der Waals surface area contributed by atoms with Crippen LogP contribution in [0.15, 0.2) is 12.4 Å². The third-order valence-corrected chi connectivity index (χ3v) is 2.81. The van der Waals surface area contributed by atoms with Crippen LogP contribution < -0.4 is 0 Å². The Morgan fingerprint density at radius 1 is 1.57 bits per heavy atom. The number of nitrogens with one attached hydrogen (secondary N) is 1. The summed E-state index contributed by atoms with van der Waals surface area (Å²) in [5.41, 5.74) is -0.0566. The maximum Gasteiger partial charge on any atom is 0.314 e. The molecular formula is C9H12N2O3. The average Bonchev–Trinajstić information content (AvgIpc) is 2.72. The van der Waals surface area contributed by atoms with Crippen molar-refractivity contribution in [2.24, 2.45) is 0 Å². The molecule has 0 spiro atoms. The van der Waals surface area contributed by atoms with Crippen LogP contribution in [0.4, 0.5) is 0 Å². The molecule has 0 amide bonds. The van der Waals surface area contributed by atoms with Crippen molar-refractivity contribution in [3.8, 4) is 0 Å². The molecule has 1 aromatic rings. The second-order valence-corrected chi connectivity index (χ2v) is 3.49. The summed E-state index contributed by atoms with van der Waals surface area (Å²) in [6.07, 6.45) is 4.27. The highest BCUT2D eigenvalue weighted by Gasteiger charge is 2.42. The van der Waals surface area contributed by atoms with E-state index in [9.17, 15) is 9.90 Å². The SMILES string of the molecule is O=C(O)C1(c2cn[nH]c2)CCOCC1. The molecule has 2 heterocycles. The van der Waals surface area contributed by atoms with E-state index in [0.717, 1.165) is 5.56 Å². The molecule has 76 valence electrons. The van der Waals surface area contributed by atoms with Crippen molar-refractivity contribution in [3.05, 3.63) is 18.0 Å². The van der Waals surface area contributed by atoms with E-state index in [-0.39, 0.29) is 0 Å². The van der Waals surface area contributed by atoms with Gasteiger partial charge in [0.1, 0.15) is 5.41 Å². The molecule has 2 rings (SSSR count). The number of H-pyrrole nitrogens is 1. The second kappa shape index (κ2) is 3.42. The third kappa shape index (κ3) is 1.29. The van der Waals surface area contributed by atoms with E-state index < -0.39 is 11.4 Å². The van der Waals surface area contributed by atoms with Gasteiger partial charge in [0.15, 0.2) is 0 Å². The molecule has 0 aromatic carbocycles. The van der Waals surface area contributed by atoms with Gasteiger partial charge in [-0.25, -0.2) is 0 Å². The Morgan fingerprint density at radius 2 is 2.29 bits per heavy atom. The molecule has 14 heavy (non-hydrogen) atoms. The van der Waals surface area contributed by atoms with Gasteiger partial charge in [0, 0.05) is 25.0 Å². The summed E-state index contributed by atoms with van der Waals surface area (Å²) in [6, 6.07) is 0. The van der Waals surface area contributed by atoms with E-state index in [4.69, 9.17) is 4.74 Å². The Kier molecular flexibility index (Phi) is 2.25. The molecular weight excluding hydrogens is 184 g/mol. The molecule has 0 atom stereocenters. The number of hydrogen-bond acceptors (Lipinski definition) is 3. The number of carboxylic acid groups (broad SMARTS) is 1. The smallest absolute Gasteiger partial charge is 0.314 e. The molecule has 5 nitrogen and oxygen atoms in total. The van der Waals surface area contributed by atoms with Crippen molar-refractivity contribution in [2.45, 2.75) is 18.3 Å². The normalized spacial score (nSPS) is 20.6. The Hall–Kier alpha value is -1.36. The number of hydrogen-bond donors (Lipinski definition) is 2. The Balaban J connectivity index is 2.35. The van der Waals surface area contributed by atoms with E-state index in [2.05, 4.69) is 10.2 Å². The topological polar surface area (TPSA) is 75.2 Å². The van der Waals surface area contributed by atoms with Gasteiger partial charge in [0.25, 0.3) is 0 Å². The standard InChI is InChI=1S/C9H12N2O3/c12-8(13)9(1-3-14-4-2-9)7-5-10-11-6-7/h5-6H,1-4H2,(H,10,11)(H,12,13). The summed E-state index contributed by atoms with van der Waals surface area (Å²) in [5.74, 6) is -0.790. The van der Waals surface area contributed by atoms with Gasteiger partial charge >= 0.3 is 5.97 Å². The molecule has 5 heteroatoms. The molecule has 1 saturated heterocycles. The van der Waals surface area contributed by atoms with Gasteiger partial charge in [0.05, 0.1) is 6.20 Å². The van der Waals surface area contributed by atoms with E-state index in [1.807, 2.05) is 0 Å². The van der Waals surface area contributed by atoms with Crippen molar-refractivity contribution >= 4 is 5.97 Å². The van der Waals surface area contributed by atoms with Crippen LogP contribution in [0.1, 0.15) is 18.4 Å². The quantitative estimate of drug-likeness (QED) is 0.724. The molecule has 1 fully saturated rings. The van der Waals surface area contributed by atoms with Crippen molar-refractivity contribution in [1.29, 1.82) is 0 Å². The summed E-state index contributed by atoms with van der Waals surface area (Å²) in [5, 5.41) is 15.7. The van der Waals surface area contributed by atoms with Crippen molar-refractivity contribution in [3.63, 3.8) is 0 Å². The van der Waals surface area contributed by atoms with E-state index in [1.54, 1.807) is 12.4 Å². The van der Waals surface area contributed by atoms with Crippen LogP contribution in [0.25, 0.3) is 0 Å². The number of ether oxygens (including phenoxy) is 1. The molecule has 0 saturated carbocycles. The average molecular weight is 196 g/mol. The highest BCUT2D eigenvalue weighted by Crippen LogP contribution is 2.34. The molecule has 0 aliphatic carbocycles. The Labute approximate surface area is 81.1 Å². The fourth-order valence-corrected chi connectivity index (χ4v) is 1.86. The number of carboxylic acids is 1. The second-order valence-electron chi connectivity index (χ2n) is 3.49. The van der Waals surface area contributed by atoms with Gasteiger partial charge in [0.2, 0.25) is 0 Å². The van der Waals surface area contributed by atoms with E-state index in [0.29, 0.717) is 26.1 Å². The van der Waals surface area contributed by atoms with Gasteiger partial charge in [-0.05, 0) is 12.8 Å². The lowest BCUT2D eigenvalue weighted by atomic mass is 9.75. The van der Waals surface area contributed by atoms with Crippen LogP contribution in [0.5, 0.6) is 0 Å². The van der Waals surface area contributed by atoms with Crippen LogP contribution in [0, 0.1) is 0 Å². The first-order valence-electron chi connectivity index (χ1n) is 4.56. The first kappa shape index (κ1) is 9.21. The Morgan fingerprint density at radius 3 is 2.79 bits per heavy atom. The number of carbonyl (C=O) groups is 1.